The number of rotatable bonds is 6. The van der Waals surface area contributed by atoms with Crippen LogP contribution in [-0.4, -0.2) is 32.4 Å². The van der Waals surface area contributed by atoms with E-state index in [0.29, 0.717) is 29.6 Å². The Bertz CT molecular complexity index is 1240. The van der Waals surface area contributed by atoms with Crippen LogP contribution in [0.4, 0.5) is 11.8 Å². The molecule has 0 bridgehead atoms. The van der Waals surface area contributed by atoms with Crippen molar-refractivity contribution < 1.29 is 4.79 Å². The molecule has 0 atom stereocenters. The first-order valence-corrected chi connectivity index (χ1v) is 9.44. The fraction of sp³-hybridized carbons (Fsp3) is 0.136. The third-order valence-electron chi connectivity index (χ3n) is 4.71. The molecule has 0 unspecified atom stereocenters. The molecule has 0 aliphatic rings. The molecule has 1 amide bonds. The molecule has 4 aromatic rings. The Morgan fingerprint density at radius 1 is 1.13 bits per heavy atom. The molecule has 0 aliphatic carbocycles. The van der Waals surface area contributed by atoms with Gasteiger partial charge in [-0.3, -0.25) is 4.79 Å². The highest BCUT2D eigenvalue weighted by molar-refractivity contribution is 5.93. The highest BCUT2D eigenvalue weighted by Crippen LogP contribution is 2.22. The van der Waals surface area contributed by atoms with Crippen molar-refractivity contribution in [2.45, 2.75) is 13.3 Å². The molecule has 30 heavy (non-hydrogen) atoms. The lowest BCUT2D eigenvalue weighted by molar-refractivity contribution is 0.0953. The average Bonchev–Trinajstić information content (AvgIpc) is 3.09. The summed E-state index contributed by atoms with van der Waals surface area (Å²) in [6, 6.07) is 15.1. The Hall–Kier alpha value is -4.25. The Kier molecular flexibility index (Phi) is 5.35. The molecule has 0 aliphatic heterocycles. The number of nitrogens with zero attached hydrogens (tertiary/aromatic N) is 4. The topological polar surface area (TPSA) is 119 Å². The Morgan fingerprint density at radius 2 is 1.93 bits per heavy atom. The summed E-state index contributed by atoms with van der Waals surface area (Å²) < 4.78 is 0. The number of aromatic nitrogens is 4. The molecular formula is C22H19N7O. The van der Waals surface area contributed by atoms with Gasteiger partial charge in [-0.25, -0.2) is 15.0 Å². The van der Waals surface area contributed by atoms with Crippen LogP contribution in [-0.2, 0) is 6.42 Å². The summed E-state index contributed by atoms with van der Waals surface area (Å²) in [5, 5.41) is 15.9. The summed E-state index contributed by atoms with van der Waals surface area (Å²) >= 11 is 0. The average molecular weight is 397 g/mol. The van der Waals surface area contributed by atoms with Crippen LogP contribution in [0.15, 0.2) is 54.9 Å². The van der Waals surface area contributed by atoms with Gasteiger partial charge in [0.2, 0.25) is 5.95 Å². The summed E-state index contributed by atoms with van der Waals surface area (Å²) in [6.07, 6.45) is 3.63. The number of aryl methyl sites for hydroxylation is 1. The number of H-pyrrole nitrogens is 1. The summed E-state index contributed by atoms with van der Waals surface area (Å²) in [7, 11) is 0. The van der Waals surface area contributed by atoms with Gasteiger partial charge in [-0.15, -0.1) is 0 Å². The number of nitriles is 1. The molecule has 0 radical (unpaired) electrons. The smallest absolute Gasteiger partial charge is 0.254 e. The zero-order valence-electron chi connectivity index (χ0n) is 16.3. The number of fused-ring (bicyclic) bond motifs is 1. The van der Waals surface area contributed by atoms with Gasteiger partial charge in [0.15, 0.2) is 0 Å². The van der Waals surface area contributed by atoms with E-state index in [2.05, 4.69) is 36.6 Å². The standard InChI is InChI=1S/C22H19N7O/c1-14-17(18-6-2-3-7-19(18)27-14)9-10-24-21(30)15-12-25-22(26-13-15)29-20-8-4-5-16(11-23)28-20/h2-8,12-13,27H,9-10H2,1H3,(H,24,30)(H,25,26,28,29). The maximum absolute atomic E-state index is 12.4. The first kappa shape index (κ1) is 19.1. The molecule has 0 saturated heterocycles. The van der Waals surface area contributed by atoms with E-state index in [4.69, 9.17) is 5.26 Å². The predicted molar refractivity (Wildman–Crippen MR) is 113 cm³/mol. The molecule has 0 spiro atoms. The lowest BCUT2D eigenvalue weighted by Gasteiger charge is -2.07. The van der Waals surface area contributed by atoms with Crippen molar-refractivity contribution in [1.82, 2.24) is 25.3 Å². The lowest BCUT2D eigenvalue weighted by Crippen LogP contribution is -2.26. The first-order chi connectivity index (χ1) is 14.6. The van der Waals surface area contributed by atoms with Gasteiger partial charge < -0.3 is 15.6 Å². The molecule has 8 nitrogen and oxygen atoms in total. The van der Waals surface area contributed by atoms with Crippen molar-refractivity contribution in [2.24, 2.45) is 0 Å². The van der Waals surface area contributed by atoms with Crippen LogP contribution in [0.5, 0.6) is 0 Å². The van der Waals surface area contributed by atoms with Crippen molar-refractivity contribution in [1.29, 1.82) is 5.26 Å². The minimum absolute atomic E-state index is 0.233. The Labute approximate surface area is 173 Å². The monoisotopic (exact) mass is 397 g/mol. The molecule has 3 aromatic heterocycles. The molecule has 3 heterocycles. The van der Waals surface area contributed by atoms with E-state index >= 15 is 0 Å². The number of aromatic amines is 1. The normalized spacial score (nSPS) is 10.5. The number of nitrogens with one attached hydrogen (secondary N) is 3. The van der Waals surface area contributed by atoms with Gasteiger partial charge in [-0.05, 0) is 37.1 Å². The van der Waals surface area contributed by atoms with Crippen LogP contribution in [0.1, 0.15) is 27.3 Å². The van der Waals surface area contributed by atoms with Crippen LogP contribution in [0.2, 0.25) is 0 Å². The maximum Gasteiger partial charge on any atom is 0.254 e. The summed E-state index contributed by atoms with van der Waals surface area (Å²) in [5.41, 5.74) is 4.08. The van der Waals surface area contributed by atoms with Crippen molar-refractivity contribution in [3.05, 3.63) is 77.4 Å². The maximum atomic E-state index is 12.4. The minimum Gasteiger partial charge on any atom is -0.358 e. The highest BCUT2D eigenvalue weighted by atomic mass is 16.1. The van der Waals surface area contributed by atoms with Crippen LogP contribution < -0.4 is 10.6 Å². The second-order valence-electron chi connectivity index (χ2n) is 6.72. The number of hydrogen-bond donors (Lipinski definition) is 3. The van der Waals surface area contributed by atoms with Gasteiger partial charge in [-0.2, -0.15) is 5.26 Å². The van der Waals surface area contributed by atoms with E-state index in [-0.39, 0.29) is 5.91 Å². The zero-order chi connectivity index (χ0) is 20.9. The van der Waals surface area contributed by atoms with Crippen LogP contribution >= 0.6 is 0 Å². The number of carbonyl (C=O) groups is 1. The van der Waals surface area contributed by atoms with E-state index < -0.39 is 0 Å². The van der Waals surface area contributed by atoms with Gasteiger partial charge in [0.25, 0.3) is 5.91 Å². The van der Waals surface area contributed by atoms with E-state index in [1.807, 2.05) is 31.2 Å². The summed E-state index contributed by atoms with van der Waals surface area (Å²) in [5.74, 6) is 0.521. The number of pyridine rings is 1. The van der Waals surface area contributed by atoms with Crippen LogP contribution in [0.3, 0.4) is 0 Å². The SMILES string of the molecule is Cc1[nH]c2ccccc2c1CCNC(=O)c1cnc(Nc2cccc(C#N)n2)nc1. The number of benzene rings is 1. The van der Waals surface area contributed by atoms with Crippen molar-refractivity contribution >= 4 is 28.6 Å². The number of carbonyl (C=O) groups excluding carboxylic acids is 1. The van der Waals surface area contributed by atoms with Gasteiger partial charge in [0.05, 0.1) is 5.56 Å². The second kappa shape index (κ2) is 8.41. The highest BCUT2D eigenvalue weighted by Gasteiger charge is 2.10. The van der Waals surface area contributed by atoms with Crippen molar-refractivity contribution in [3.63, 3.8) is 0 Å². The van der Waals surface area contributed by atoms with Gasteiger partial charge >= 0.3 is 0 Å². The van der Waals surface area contributed by atoms with Crippen molar-refractivity contribution in [2.75, 3.05) is 11.9 Å². The van der Waals surface area contributed by atoms with E-state index in [0.717, 1.165) is 17.6 Å². The van der Waals surface area contributed by atoms with E-state index in [1.165, 1.54) is 23.3 Å². The number of amides is 1. The fourth-order valence-electron chi connectivity index (χ4n) is 3.25. The third kappa shape index (κ3) is 4.10. The first-order valence-electron chi connectivity index (χ1n) is 9.44. The summed E-state index contributed by atoms with van der Waals surface area (Å²) in [4.78, 5) is 28.2. The molecule has 3 N–H and O–H groups in total. The van der Waals surface area contributed by atoms with Gasteiger partial charge in [-0.1, -0.05) is 24.3 Å². The predicted octanol–water partition coefficient (Wildman–Crippen LogP) is 3.25. The van der Waals surface area contributed by atoms with Crippen LogP contribution in [0, 0.1) is 18.3 Å². The van der Waals surface area contributed by atoms with Crippen LogP contribution in [0.25, 0.3) is 10.9 Å². The Balaban J connectivity index is 1.35. The Morgan fingerprint density at radius 3 is 2.73 bits per heavy atom. The molecule has 148 valence electrons. The molecule has 0 saturated carbocycles. The number of anilines is 2. The number of para-hydroxylation sites is 1. The number of hydrogen-bond acceptors (Lipinski definition) is 6. The lowest BCUT2D eigenvalue weighted by atomic mass is 10.1. The minimum atomic E-state index is -0.233. The van der Waals surface area contributed by atoms with Gasteiger partial charge in [0.1, 0.15) is 17.6 Å². The van der Waals surface area contributed by atoms with E-state index in [1.54, 1.807) is 18.2 Å². The van der Waals surface area contributed by atoms with Crippen molar-refractivity contribution in [3.8, 4) is 6.07 Å². The van der Waals surface area contributed by atoms with Gasteiger partial charge in [0, 0.05) is 35.5 Å². The van der Waals surface area contributed by atoms with E-state index in [9.17, 15) is 4.79 Å². The molecule has 8 heteroatoms. The largest absolute Gasteiger partial charge is 0.358 e. The molecule has 4 rings (SSSR count). The summed E-state index contributed by atoms with van der Waals surface area (Å²) in [6.45, 7) is 2.55. The third-order valence-corrected chi connectivity index (χ3v) is 4.71. The molecular weight excluding hydrogens is 378 g/mol. The zero-order valence-corrected chi connectivity index (χ0v) is 16.3. The molecule has 0 fully saturated rings. The quantitative estimate of drug-likeness (QED) is 0.459. The molecule has 1 aromatic carbocycles. The fourth-order valence-corrected chi connectivity index (χ4v) is 3.25. The second-order valence-corrected chi connectivity index (χ2v) is 6.72.